The van der Waals surface area contributed by atoms with Gasteiger partial charge >= 0.3 is 7.12 Å². The van der Waals surface area contributed by atoms with E-state index in [2.05, 4.69) is 5.43 Å². The molecule has 4 aliphatic rings. The fourth-order valence-electron chi connectivity index (χ4n) is 8.78. The zero-order valence-corrected chi connectivity index (χ0v) is 27.6. The van der Waals surface area contributed by atoms with Gasteiger partial charge in [0.05, 0.1) is 34.5 Å². The number of halogens is 2. The van der Waals surface area contributed by atoms with Crippen molar-refractivity contribution in [3.63, 3.8) is 0 Å². The SMILES string of the molecule is O=C1C2CC3C(=CCC4C(=O)N(c5cccc(B(O)O)c5)C(=O)C43)C(c3ccc(O)cc3)C2(c2ccc(Cl)cc2)C(=O)N1Nc1ccc(F)cc1. The number of benzene rings is 4. The van der Waals surface area contributed by atoms with Crippen LogP contribution in [0.5, 0.6) is 5.75 Å². The molecule has 4 aromatic rings. The molecule has 13 heteroatoms. The Kier molecular flexibility index (Phi) is 7.86. The molecule has 2 heterocycles. The van der Waals surface area contributed by atoms with Crippen LogP contribution in [0.3, 0.4) is 0 Å². The number of hydrogen-bond acceptors (Lipinski definition) is 8. The van der Waals surface area contributed by atoms with Crippen LogP contribution in [0.25, 0.3) is 0 Å². The molecule has 0 radical (unpaired) electrons. The molecule has 4 aromatic carbocycles. The van der Waals surface area contributed by atoms with Crippen molar-refractivity contribution in [3.05, 3.63) is 131 Å². The number of carbonyl (C=O) groups excluding carboxylic acids is 4. The van der Waals surface area contributed by atoms with E-state index < -0.39 is 71.6 Å². The highest BCUT2D eigenvalue weighted by Gasteiger charge is 2.70. The van der Waals surface area contributed by atoms with Crippen molar-refractivity contribution in [3.8, 4) is 5.75 Å². The molecule has 2 aliphatic carbocycles. The van der Waals surface area contributed by atoms with Crippen LogP contribution in [0.2, 0.25) is 5.02 Å². The smallest absolute Gasteiger partial charge is 0.488 e. The minimum Gasteiger partial charge on any atom is -0.508 e. The highest BCUT2D eigenvalue weighted by molar-refractivity contribution is 6.58. The summed E-state index contributed by atoms with van der Waals surface area (Å²) in [5, 5.41) is 31.2. The quantitative estimate of drug-likeness (QED) is 0.134. The second-order valence-electron chi connectivity index (χ2n) is 13.4. The maximum Gasteiger partial charge on any atom is 0.488 e. The van der Waals surface area contributed by atoms with Gasteiger partial charge in [-0.25, -0.2) is 4.39 Å². The zero-order chi connectivity index (χ0) is 35.8. The van der Waals surface area contributed by atoms with E-state index in [1.165, 1.54) is 54.6 Å². The number of phenols is 1. The summed E-state index contributed by atoms with van der Waals surface area (Å²) in [5.41, 5.74) is 3.85. The van der Waals surface area contributed by atoms with Gasteiger partial charge in [0.15, 0.2) is 0 Å². The Morgan fingerprint density at radius 1 is 0.843 bits per heavy atom. The first-order chi connectivity index (χ1) is 24.5. The van der Waals surface area contributed by atoms with Crippen LogP contribution in [0, 0.1) is 29.5 Å². The summed E-state index contributed by atoms with van der Waals surface area (Å²) in [7, 11) is -1.81. The molecule has 1 saturated carbocycles. The first-order valence-corrected chi connectivity index (χ1v) is 16.9. The van der Waals surface area contributed by atoms with E-state index in [0.717, 1.165) is 15.5 Å². The van der Waals surface area contributed by atoms with Gasteiger partial charge in [0.2, 0.25) is 11.8 Å². The van der Waals surface area contributed by atoms with E-state index >= 15 is 4.79 Å². The molecule has 6 atom stereocenters. The molecule has 51 heavy (non-hydrogen) atoms. The van der Waals surface area contributed by atoms with Crippen molar-refractivity contribution >= 4 is 59.2 Å². The molecule has 256 valence electrons. The summed E-state index contributed by atoms with van der Waals surface area (Å²) in [6.45, 7) is 0. The molecular formula is C38H30BClFN3O7. The molecular weight excluding hydrogens is 676 g/mol. The lowest BCUT2D eigenvalue weighted by Crippen LogP contribution is -2.53. The second-order valence-corrected chi connectivity index (χ2v) is 13.9. The topological polar surface area (TPSA) is 147 Å². The Morgan fingerprint density at radius 3 is 2.24 bits per heavy atom. The third-order valence-corrected chi connectivity index (χ3v) is 11.2. The molecule has 0 aromatic heterocycles. The first-order valence-electron chi connectivity index (χ1n) is 16.5. The Hall–Kier alpha value is -5.30. The van der Waals surface area contributed by atoms with Crippen LogP contribution in [-0.2, 0) is 24.6 Å². The van der Waals surface area contributed by atoms with Crippen molar-refractivity contribution in [2.75, 3.05) is 10.3 Å². The third kappa shape index (κ3) is 5.00. The molecule has 0 spiro atoms. The first kappa shape index (κ1) is 32.9. The van der Waals surface area contributed by atoms with Gasteiger partial charge in [-0.2, -0.15) is 5.01 Å². The van der Waals surface area contributed by atoms with Crippen LogP contribution in [0.15, 0.2) is 109 Å². The van der Waals surface area contributed by atoms with E-state index in [9.17, 15) is 33.9 Å². The lowest BCUT2D eigenvalue weighted by Gasteiger charge is -2.50. The number of nitrogens with zero attached hydrogens (tertiary/aromatic N) is 2. The Balaban J connectivity index is 1.30. The summed E-state index contributed by atoms with van der Waals surface area (Å²) in [6, 6.07) is 24.3. The standard InChI is InChI=1S/C38H30BClFN3O7/c40-23-8-6-21(7-9-23)38-31(35(47)44(37(38)49)42-25-12-10-24(41)11-13-25)19-30-28(33(38)20-4-14-27(45)15-5-20)16-17-29-32(30)36(48)43(34(29)46)26-3-1-2-22(18-26)39(50)51/h1-16,18,29-33,42,45,50-51H,17,19H2. The van der Waals surface area contributed by atoms with Crippen LogP contribution in [0.4, 0.5) is 15.8 Å². The Bertz CT molecular complexity index is 2130. The van der Waals surface area contributed by atoms with Crippen LogP contribution in [-0.4, -0.2) is 50.9 Å². The summed E-state index contributed by atoms with van der Waals surface area (Å²) >= 11 is 6.32. The number of amides is 4. The average Bonchev–Trinajstić information content (AvgIpc) is 3.50. The number of rotatable bonds is 6. The molecule has 10 nitrogen and oxygen atoms in total. The molecule has 4 N–H and O–H groups in total. The summed E-state index contributed by atoms with van der Waals surface area (Å²) < 4.78 is 13.8. The van der Waals surface area contributed by atoms with E-state index in [1.807, 2.05) is 6.08 Å². The van der Waals surface area contributed by atoms with E-state index in [-0.39, 0.29) is 29.7 Å². The predicted octanol–water partition coefficient (Wildman–Crippen LogP) is 4.05. The number of phenolic OH excluding ortho intramolecular Hbond substituents is 1. The Labute approximate surface area is 296 Å². The summed E-state index contributed by atoms with van der Waals surface area (Å²) in [5.74, 6) is -6.62. The summed E-state index contributed by atoms with van der Waals surface area (Å²) in [4.78, 5) is 59.3. The number of fused-ring (bicyclic) bond motifs is 4. The highest BCUT2D eigenvalue weighted by atomic mass is 35.5. The number of aromatic hydroxyl groups is 1. The molecule has 2 aliphatic heterocycles. The molecule has 4 amide bonds. The fraction of sp³-hybridized carbons (Fsp3) is 0.211. The third-order valence-electron chi connectivity index (χ3n) is 10.9. The Morgan fingerprint density at radius 2 is 1.55 bits per heavy atom. The number of carbonyl (C=O) groups is 4. The van der Waals surface area contributed by atoms with E-state index in [1.54, 1.807) is 42.5 Å². The predicted molar refractivity (Wildman–Crippen MR) is 186 cm³/mol. The fourth-order valence-corrected chi connectivity index (χ4v) is 8.90. The minimum atomic E-state index is -1.81. The normalized spacial score (nSPS) is 26.8. The molecule has 8 rings (SSSR count). The number of hydrogen-bond donors (Lipinski definition) is 4. The molecule has 0 bridgehead atoms. The molecule has 2 saturated heterocycles. The van der Waals surface area contributed by atoms with Gasteiger partial charge in [0.25, 0.3) is 11.8 Å². The van der Waals surface area contributed by atoms with Crippen molar-refractivity contribution in [1.82, 2.24) is 5.01 Å². The van der Waals surface area contributed by atoms with Gasteiger partial charge in [-0.15, -0.1) is 0 Å². The molecule has 6 unspecified atom stereocenters. The second kappa shape index (κ2) is 12.2. The number of anilines is 2. The zero-order valence-electron chi connectivity index (χ0n) is 26.8. The largest absolute Gasteiger partial charge is 0.508 e. The van der Waals surface area contributed by atoms with Crippen LogP contribution < -0.4 is 15.8 Å². The highest BCUT2D eigenvalue weighted by Crippen LogP contribution is 2.64. The lowest BCUT2D eigenvalue weighted by atomic mass is 9.49. The van der Waals surface area contributed by atoms with Crippen molar-refractivity contribution in [1.29, 1.82) is 0 Å². The number of hydrazine groups is 1. The van der Waals surface area contributed by atoms with E-state index in [0.29, 0.717) is 21.8 Å². The minimum absolute atomic E-state index is 0.00300. The maximum absolute atomic E-state index is 15.1. The van der Waals surface area contributed by atoms with E-state index in [4.69, 9.17) is 11.6 Å². The monoisotopic (exact) mass is 705 g/mol. The van der Waals surface area contributed by atoms with Crippen molar-refractivity contribution in [2.24, 2.45) is 23.7 Å². The van der Waals surface area contributed by atoms with Gasteiger partial charge in [0.1, 0.15) is 11.6 Å². The number of imide groups is 2. The van der Waals surface area contributed by atoms with Gasteiger partial charge in [0, 0.05) is 10.9 Å². The summed E-state index contributed by atoms with van der Waals surface area (Å²) in [6.07, 6.45) is 2.15. The lowest BCUT2D eigenvalue weighted by molar-refractivity contribution is -0.138. The molecule has 3 fully saturated rings. The van der Waals surface area contributed by atoms with Gasteiger partial charge in [-0.3, -0.25) is 29.5 Å². The van der Waals surface area contributed by atoms with Gasteiger partial charge in [-0.05, 0) is 96.0 Å². The van der Waals surface area contributed by atoms with Crippen molar-refractivity contribution < 1.29 is 38.7 Å². The number of allylic oxidation sites excluding steroid dienone is 2. The van der Waals surface area contributed by atoms with Gasteiger partial charge < -0.3 is 15.2 Å². The van der Waals surface area contributed by atoms with Gasteiger partial charge in [-0.1, -0.05) is 59.6 Å². The van der Waals surface area contributed by atoms with Crippen LogP contribution >= 0.6 is 11.6 Å². The average molecular weight is 706 g/mol. The number of nitrogens with one attached hydrogen (secondary N) is 1. The maximum atomic E-state index is 15.1. The van der Waals surface area contributed by atoms with Crippen LogP contribution in [0.1, 0.15) is 29.9 Å². The van der Waals surface area contributed by atoms with Crippen molar-refractivity contribution in [2.45, 2.75) is 24.2 Å².